The van der Waals surface area contributed by atoms with Crippen molar-refractivity contribution in [1.82, 2.24) is 10.6 Å². The van der Waals surface area contributed by atoms with Crippen molar-refractivity contribution in [3.05, 3.63) is 0 Å². The molecule has 0 rings (SSSR count). The lowest BCUT2D eigenvalue weighted by Gasteiger charge is -2.04. The first-order chi connectivity index (χ1) is 6.56. The number of nitrogens with two attached hydrogens (primary N) is 1. The topological polar surface area (TPSA) is 84.2 Å². The summed E-state index contributed by atoms with van der Waals surface area (Å²) >= 11 is 1.47. The van der Waals surface area contributed by atoms with Crippen molar-refractivity contribution in [3.63, 3.8) is 0 Å². The van der Waals surface area contributed by atoms with Gasteiger partial charge in [-0.3, -0.25) is 10.1 Å². The number of urea groups is 1. The van der Waals surface area contributed by atoms with Gasteiger partial charge in [0.1, 0.15) is 0 Å². The van der Waals surface area contributed by atoms with Crippen LogP contribution in [0.3, 0.4) is 0 Å². The molecule has 0 aromatic rings. The molecule has 0 saturated heterocycles. The number of thioether (sulfide) groups is 1. The normalized spacial score (nSPS) is 11.9. The number of amides is 3. The summed E-state index contributed by atoms with van der Waals surface area (Å²) in [6, 6.07) is -0.313. The number of nitrogens with one attached hydrogen (secondary N) is 2. The summed E-state index contributed by atoms with van der Waals surface area (Å²) in [5.74, 6) is 0.845. The van der Waals surface area contributed by atoms with Gasteiger partial charge in [-0.05, 0) is 19.1 Å². The fourth-order valence-electron chi connectivity index (χ4n) is 0.659. The number of carbonyl (C=O) groups excluding carboxylic acids is 2. The van der Waals surface area contributed by atoms with Crippen LogP contribution in [0.2, 0.25) is 0 Å². The molecule has 0 heterocycles. The van der Waals surface area contributed by atoms with E-state index in [9.17, 15) is 9.59 Å². The zero-order valence-corrected chi connectivity index (χ0v) is 9.32. The maximum atomic E-state index is 11.0. The van der Waals surface area contributed by atoms with E-state index in [0.717, 1.165) is 12.2 Å². The first kappa shape index (κ1) is 13.2. The molecule has 4 N–H and O–H groups in total. The van der Waals surface area contributed by atoms with E-state index in [-0.39, 0.29) is 11.9 Å². The van der Waals surface area contributed by atoms with Crippen LogP contribution in [0.15, 0.2) is 0 Å². The van der Waals surface area contributed by atoms with E-state index in [1.165, 1.54) is 18.8 Å². The molecule has 0 radical (unpaired) electrons. The highest BCUT2D eigenvalue weighted by Gasteiger charge is 2.05. The largest absolute Gasteiger partial charge is 0.341 e. The average Bonchev–Trinajstić information content (AvgIpc) is 2.12. The Hall–Kier alpha value is -0.750. The molecular formula is C8H17N3O2S. The SMILES string of the molecule is CNC(=O)NC(=O)CSCCC(C)N. The second-order valence-electron chi connectivity index (χ2n) is 2.95. The van der Waals surface area contributed by atoms with Crippen molar-refractivity contribution < 1.29 is 9.59 Å². The summed E-state index contributed by atoms with van der Waals surface area (Å²) in [5.41, 5.74) is 5.53. The molecular weight excluding hydrogens is 202 g/mol. The Morgan fingerprint density at radius 1 is 1.50 bits per heavy atom. The molecule has 82 valence electrons. The Morgan fingerprint density at radius 2 is 2.14 bits per heavy atom. The first-order valence-corrected chi connectivity index (χ1v) is 5.56. The molecule has 0 aromatic heterocycles. The predicted octanol–water partition coefficient (Wildman–Crippen LogP) is -0.0875. The van der Waals surface area contributed by atoms with Gasteiger partial charge >= 0.3 is 6.03 Å². The molecule has 3 amide bonds. The van der Waals surface area contributed by atoms with Crippen LogP contribution < -0.4 is 16.4 Å². The van der Waals surface area contributed by atoms with Gasteiger partial charge in [0.25, 0.3) is 0 Å². The fraction of sp³-hybridized carbons (Fsp3) is 0.750. The minimum atomic E-state index is -0.470. The first-order valence-electron chi connectivity index (χ1n) is 4.41. The van der Waals surface area contributed by atoms with Crippen molar-refractivity contribution in [2.75, 3.05) is 18.6 Å². The maximum absolute atomic E-state index is 11.0. The van der Waals surface area contributed by atoms with E-state index < -0.39 is 6.03 Å². The molecule has 1 unspecified atom stereocenters. The number of imide groups is 1. The maximum Gasteiger partial charge on any atom is 0.321 e. The van der Waals surface area contributed by atoms with Gasteiger partial charge < -0.3 is 11.1 Å². The standard InChI is InChI=1S/C8H17N3O2S/c1-6(9)3-4-14-5-7(12)11-8(13)10-2/h6H,3-5,9H2,1-2H3,(H2,10,11,12,13). The van der Waals surface area contributed by atoms with Crippen molar-refractivity contribution >= 4 is 23.7 Å². The van der Waals surface area contributed by atoms with Crippen LogP contribution in [0.4, 0.5) is 4.79 Å². The van der Waals surface area contributed by atoms with Crippen LogP contribution in [0.25, 0.3) is 0 Å². The summed E-state index contributed by atoms with van der Waals surface area (Å²) in [6.45, 7) is 1.92. The average molecular weight is 219 g/mol. The molecule has 14 heavy (non-hydrogen) atoms. The summed E-state index contributed by atoms with van der Waals surface area (Å²) in [7, 11) is 1.46. The van der Waals surface area contributed by atoms with Crippen molar-refractivity contribution in [2.45, 2.75) is 19.4 Å². The van der Waals surface area contributed by atoms with Crippen LogP contribution >= 0.6 is 11.8 Å². The van der Waals surface area contributed by atoms with Gasteiger partial charge in [-0.25, -0.2) is 4.79 Å². The Kier molecular flexibility index (Phi) is 7.23. The van der Waals surface area contributed by atoms with E-state index in [2.05, 4.69) is 10.6 Å². The third-order valence-electron chi connectivity index (χ3n) is 1.43. The van der Waals surface area contributed by atoms with E-state index >= 15 is 0 Å². The van der Waals surface area contributed by atoms with Crippen molar-refractivity contribution in [1.29, 1.82) is 0 Å². The molecule has 0 spiro atoms. The minimum Gasteiger partial charge on any atom is -0.341 e. The Morgan fingerprint density at radius 3 is 2.64 bits per heavy atom. The summed E-state index contributed by atoms with van der Waals surface area (Å²) < 4.78 is 0. The van der Waals surface area contributed by atoms with Gasteiger partial charge in [0, 0.05) is 13.1 Å². The smallest absolute Gasteiger partial charge is 0.321 e. The lowest BCUT2D eigenvalue weighted by atomic mass is 10.3. The van der Waals surface area contributed by atoms with Gasteiger partial charge in [-0.1, -0.05) is 0 Å². The number of hydrogen-bond donors (Lipinski definition) is 3. The zero-order valence-electron chi connectivity index (χ0n) is 8.50. The van der Waals surface area contributed by atoms with E-state index in [0.29, 0.717) is 5.75 Å². The molecule has 0 fully saturated rings. The summed E-state index contributed by atoms with van der Waals surface area (Å²) in [5, 5.41) is 4.48. The van der Waals surface area contributed by atoms with E-state index in [1.54, 1.807) is 0 Å². The fourth-order valence-corrected chi connectivity index (χ4v) is 1.60. The van der Waals surface area contributed by atoms with Crippen molar-refractivity contribution in [3.8, 4) is 0 Å². The Balaban J connectivity index is 3.40. The molecule has 5 nitrogen and oxygen atoms in total. The highest BCUT2D eigenvalue weighted by atomic mass is 32.2. The van der Waals surface area contributed by atoms with Crippen LogP contribution in [-0.4, -0.2) is 36.5 Å². The van der Waals surface area contributed by atoms with E-state index in [4.69, 9.17) is 5.73 Å². The minimum absolute atomic E-state index is 0.157. The van der Waals surface area contributed by atoms with Gasteiger partial charge in [0.2, 0.25) is 5.91 Å². The molecule has 0 aliphatic heterocycles. The third-order valence-corrected chi connectivity index (χ3v) is 2.42. The van der Waals surface area contributed by atoms with Gasteiger partial charge in [0.05, 0.1) is 5.75 Å². The highest BCUT2D eigenvalue weighted by Crippen LogP contribution is 2.02. The number of carbonyl (C=O) groups is 2. The summed E-state index contributed by atoms with van der Waals surface area (Å²) in [6.07, 6.45) is 0.873. The van der Waals surface area contributed by atoms with E-state index in [1.807, 2.05) is 6.92 Å². The quantitative estimate of drug-likeness (QED) is 0.564. The third kappa shape index (κ3) is 7.88. The monoisotopic (exact) mass is 219 g/mol. The molecule has 0 aliphatic carbocycles. The van der Waals surface area contributed by atoms with Gasteiger partial charge in [-0.2, -0.15) is 11.8 Å². The van der Waals surface area contributed by atoms with Gasteiger partial charge in [0.15, 0.2) is 0 Å². The van der Waals surface area contributed by atoms with Crippen LogP contribution in [-0.2, 0) is 4.79 Å². The van der Waals surface area contributed by atoms with Crippen LogP contribution in [0.1, 0.15) is 13.3 Å². The molecule has 6 heteroatoms. The predicted molar refractivity (Wildman–Crippen MR) is 58.2 cm³/mol. The second kappa shape index (κ2) is 7.64. The Labute approximate surface area is 88.2 Å². The zero-order chi connectivity index (χ0) is 11.0. The number of hydrogen-bond acceptors (Lipinski definition) is 4. The Bertz CT molecular complexity index is 197. The summed E-state index contributed by atoms with van der Waals surface area (Å²) in [4.78, 5) is 21.7. The van der Waals surface area contributed by atoms with Gasteiger partial charge in [-0.15, -0.1) is 0 Å². The second-order valence-corrected chi connectivity index (χ2v) is 4.05. The highest BCUT2D eigenvalue weighted by molar-refractivity contribution is 7.99. The lowest BCUT2D eigenvalue weighted by Crippen LogP contribution is -2.38. The van der Waals surface area contributed by atoms with Crippen LogP contribution in [0, 0.1) is 0 Å². The molecule has 0 aromatic carbocycles. The molecule has 1 atom stereocenters. The molecule has 0 bridgehead atoms. The number of rotatable bonds is 5. The molecule has 0 aliphatic rings. The molecule has 0 saturated carbocycles. The van der Waals surface area contributed by atoms with Crippen LogP contribution in [0.5, 0.6) is 0 Å². The lowest BCUT2D eigenvalue weighted by molar-refractivity contribution is -0.117. The van der Waals surface area contributed by atoms with Crippen molar-refractivity contribution in [2.24, 2.45) is 5.73 Å².